The van der Waals surface area contributed by atoms with Crippen molar-refractivity contribution in [3.05, 3.63) is 59.7 Å². The predicted octanol–water partition coefficient (Wildman–Crippen LogP) is 4.83. The largest absolute Gasteiger partial charge is 0.0961 e. The van der Waals surface area contributed by atoms with E-state index < -0.39 is 0 Å². The lowest BCUT2D eigenvalue weighted by Crippen LogP contribution is -1.70. The molecule has 0 amide bonds. The van der Waals surface area contributed by atoms with Crippen molar-refractivity contribution >= 4 is 0 Å². The van der Waals surface area contributed by atoms with Gasteiger partial charge in [0.2, 0.25) is 0 Å². The van der Waals surface area contributed by atoms with E-state index in [1.807, 2.05) is 13.0 Å². The Morgan fingerprint density at radius 2 is 1.53 bits per heavy atom. The maximum absolute atomic E-state index is 3.71. The van der Waals surface area contributed by atoms with E-state index in [1.54, 1.807) is 0 Å². The molecule has 0 N–H and O–H groups in total. The average molecular weight is 202 g/mol. The summed E-state index contributed by atoms with van der Waals surface area (Å²) in [7, 11) is 0. The third-order valence-corrected chi connectivity index (χ3v) is 1.86. The zero-order valence-corrected chi connectivity index (χ0v) is 10.4. The van der Waals surface area contributed by atoms with Crippen LogP contribution in [0.3, 0.4) is 0 Å². The second-order valence-electron chi connectivity index (χ2n) is 3.81. The van der Waals surface area contributed by atoms with Crippen LogP contribution in [-0.4, -0.2) is 0 Å². The smallest absolute Gasteiger partial charge is 0.0376 e. The number of hydrogen-bond donors (Lipinski definition) is 0. The first-order valence-corrected chi connectivity index (χ1v) is 5.41. The van der Waals surface area contributed by atoms with Gasteiger partial charge < -0.3 is 0 Å². The Kier molecular flexibility index (Phi) is 7.35. The van der Waals surface area contributed by atoms with Gasteiger partial charge in [-0.25, -0.2) is 0 Å². The number of rotatable bonds is 2. The monoisotopic (exact) mass is 202 g/mol. The van der Waals surface area contributed by atoms with Crippen LogP contribution in [0.25, 0.3) is 0 Å². The first kappa shape index (κ1) is 13.7. The zero-order chi connectivity index (χ0) is 11.7. The minimum Gasteiger partial charge on any atom is -0.0961 e. The summed E-state index contributed by atoms with van der Waals surface area (Å²) < 4.78 is 0. The van der Waals surface area contributed by atoms with Crippen molar-refractivity contribution in [2.75, 3.05) is 0 Å². The van der Waals surface area contributed by atoms with Crippen molar-refractivity contribution in [3.63, 3.8) is 0 Å². The molecule has 1 aromatic carbocycles. The van der Waals surface area contributed by atoms with E-state index in [-0.39, 0.29) is 0 Å². The molecule has 15 heavy (non-hydrogen) atoms. The van der Waals surface area contributed by atoms with Crippen molar-refractivity contribution in [2.24, 2.45) is 0 Å². The van der Waals surface area contributed by atoms with Crippen LogP contribution in [0.1, 0.15) is 31.4 Å². The summed E-state index contributed by atoms with van der Waals surface area (Å²) in [6.07, 6.45) is 5.23. The molecule has 0 nitrogen and oxygen atoms in total. The number of benzene rings is 1. The fraction of sp³-hybridized carbons (Fsp3) is 0.333. The van der Waals surface area contributed by atoms with Gasteiger partial charge in [-0.05, 0) is 27.2 Å². The molecule has 0 heteroatoms. The fourth-order valence-electron chi connectivity index (χ4n) is 0.956. The van der Waals surface area contributed by atoms with Gasteiger partial charge in [0.05, 0.1) is 0 Å². The van der Waals surface area contributed by atoms with E-state index in [0.29, 0.717) is 0 Å². The van der Waals surface area contributed by atoms with Gasteiger partial charge >= 0.3 is 0 Å². The predicted molar refractivity (Wildman–Crippen MR) is 70.2 cm³/mol. The molecule has 1 aromatic rings. The summed E-state index contributed by atoms with van der Waals surface area (Å²) in [6.45, 7) is 12.0. The van der Waals surface area contributed by atoms with Gasteiger partial charge in [0, 0.05) is 0 Å². The minimum absolute atomic E-state index is 1.10. The SMILES string of the molecule is C=C(C)/C=C\CC.Cc1ccc(C)cc1. The highest BCUT2D eigenvalue weighted by Crippen LogP contribution is 1.99. The van der Waals surface area contributed by atoms with Gasteiger partial charge in [-0.15, -0.1) is 0 Å². The van der Waals surface area contributed by atoms with Crippen LogP contribution in [0.2, 0.25) is 0 Å². The number of aryl methyl sites for hydroxylation is 2. The second-order valence-corrected chi connectivity index (χ2v) is 3.81. The quantitative estimate of drug-likeness (QED) is 0.602. The first-order valence-electron chi connectivity index (χ1n) is 5.41. The summed E-state index contributed by atoms with van der Waals surface area (Å²) in [5, 5.41) is 0. The molecule has 0 atom stereocenters. The van der Waals surface area contributed by atoms with E-state index in [4.69, 9.17) is 0 Å². The van der Waals surface area contributed by atoms with Crippen molar-refractivity contribution in [1.29, 1.82) is 0 Å². The van der Waals surface area contributed by atoms with Gasteiger partial charge in [0.1, 0.15) is 0 Å². The normalized spacial score (nSPS) is 9.60. The maximum atomic E-state index is 3.71. The van der Waals surface area contributed by atoms with E-state index in [1.165, 1.54) is 11.1 Å². The summed E-state index contributed by atoms with van der Waals surface area (Å²) >= 11 is 0. The Morgan fingerprint density at radius 3 is 1.73 bits per heavy atom. The molecule has 0 fully saturated rings. The van der Waals surface area contributed by atoms with Crippen LogP contribution < -0.4 is 0 Å². The zero-order valence-electron chi connectivity index (χ0n) is 10.4. The van der Waals surface area contributed by atoms with Gasteiger partial charge in [-0.2, -0.15) is 0 Å². The molecule has 0 aromatic heterocycles. The molecule has 0 unspecified atom stereocenters. The number of allylic oxidation sites excluding steroid dienone is 3. The Balaban J connectivity index is 0.000000265. The van der Waals surface area contributed by atoms with Crippen molar-refractivity contribution in [2.45, 2.75) is 34.1 Å². The maximum Gasteiger partial charge on any atom is -0.0376 e. The number of hydrogen-bond acceptors (Lipinski definition) is 0. The summed E-state index contributed by atoms with van der Waals surface area (Å²) in [5.41, 5.74) is 3.79. The summed E-state index contributed by atoms with van der Waals surface area (Å²) in [6, 6.07) is 8.48. The van der Waals surface area contributed by atoms with Crippen LogP contribution in [0.15, 0.2) is 48.6 Å². The Bertz CT molecular complexity index is 280. The molecule has 0 bridgehead atoms. The summed E-state index contributed by atoms with van der Waals surface area (Å²) in [5.74, 6) is 0. The van der Waals surface area contributed by atoms with E-state index in [0.717, 1.165) is 12.0 Å². The lowest BCUT2D eigenvalue weighted by atomic mass is 10.2. The van der Waals surface area contributed by atoms with Gasteiger partial charge in [-0.1, -0.05) is 66.6 Å². The molecule has 0 spiro atoms. The Hall–Kier alpha value is -1.30. The molecule has 1 rings (SSSR count). The molecule has 0 saturated heterocycles. The topological polar surface area (TPSA) is 0 Å². The molecule has 0 heterocycles. The highest BCUT2D eigenvalue weighted by molar-refractivity contribution is 5.19. The third-order valence-electron chi connectivity index (χ3n) is 1.86. The first-order chi connectivity index (χ1) is 7.06. The lowest BCUT2D eigenvalue weighted by Gasteiger charge is -1.90. The summed E-state index contributed by atoms with van der Waals surface area (Å²) in [4.78, 5) is 0. The standard InChI is InChI=1S/C8H10.C7H12/c1-7-3-5-8(2)6-4-7;1-4-5-6-7(2)3/h3-6H,1-2H3;5-6H,2,4H2,1,3H3/b;6-5-. The fourth-order valence-corrected chi connectivity index (χ4v) is 0.956. The van der Waals surface area contributed by atoms with Crippen LogP contribution in [0.5, 0.6) is 0 Å². The second kappa shape index (κ2) is 8.05. The Morgan fingerprint density at radius 1 is 1.13 bits per heavy atom. The highest BCUT2D eigenvalue weighted by Gasteiger charge is 1.79. The molecular formula is C15H22. The van der Waals surface area contributed by atoms with Gasteiger partial charge in [0.25, 0.3) is 0 Å². The van der Waals surface area contributed by atoms with Crippen LogP contribution in [0, 0.1) is 13.8 Å². The molecule has 0 saturated carbocycles. The van der Waals surface area contributed by atoms with Gasteiger partial charge in [-0.3, -0.25) is 0 Å². The third kappa shape index (κ3) is 9.01. The highest BCUT2D eigenvalue weighted by atomic mass is 13.9. The lowest BCUT2D eigenvalue weighted by molar-refractivity contribution is 1.22. The van der Waals surface area contributed by atoms with Crippen molar-refractivity contribution in [1.82, 2.24) is 0 Å². The Labute approximate surface area is 94.3 Å². The molecule has 82 valence electrons. The van der Waals surface area contributed by atoms with Crippen molar-refractivity contribution in [3.8, 4) is 0 Å². The van der Waals surface area contributed by atoms with E-state index in [9.17, 15) is 0 Å². The minimum atomic E-state index is 1.10. The molecule has 0 aliphatic heterocycles. The van der Waals surface area contributed by atoms with Crippen LogP contribution in [-0.2, 0) is 0 Å². The molecule has 0 aliphatic rings. The van der Waals surface area contributed by atoms with E-state index >= 15 is 0 Å². The van der Waals surface area contributed by atoms with Crippen molar-refractivity contribution < 1.29 is 0 Å². The van der Waals surface area contributed by atoms with Gasteiger partial charge in [0.15, 0.2) is 0 Å². The molecule has 0 aliphatic carbocycles. The van der Waals surface area contributed by atoms with Crippen LogP contribution in [0.4, 0.5) is 0 Å². The molecule has 0 radical (unpaired) electrons. The molecular weight excluding hydrogens is 180 g/mol. The van der Waals surface area contributed by atoms with E-state index in [2.05, 4.69) is 57.7 Å². The van der Waals surface area contributed by atoms with Crippen LogP contribution >= 0.6 is 0 Å². The average Bonchev–Trinajstić information content (AvgIpc) is 2.20.